The molecule has 2 unspecified atom stereocenters. The number of hydrogen-bond acceptors (Lipinski definition) is 6. The van der Waals surface area contributed by atoms with Crippen molar-refractivity contribution in [3.63, 3.8) is 0 Å². The predicted molar refractivity (Wildman–Crippen MR) is 123 cm³/mol. The Morgan fingerprint density at radius 1 is 1.32 bits per heavy atom. The minimum absolute atomic E-state index is 0.194. The van der Waals surface area contributed by atoms with Gasteiger partial charge in [-0.15, -0.1) is 0 Å². The van der Waals surface area contributed by atoms with Gasteiger partial charge in [0.1, 0.15) is 5.82 Å². The van der Waals surface area contributed by atoms with E-state index in [1.807, 2.05) is 0 Å². The largest absolute Gasteiger partial charge is 0.366 e. The smallest absolute Gasteiger partial charge is 0.319 e. The van der Waals surface area contributed by atoms with Gasteiger partial charge < -0.3 is 26.0 Å². The number of halogens is 3. The summed E-state index contributed by atoms with van der Waals surface area (Å²) in [5, 5.41) is 5.54. The van der Waals surface area contributed by atoms with E-state index in [0.717, 1.165) is 37.5 Å². The average molecular weight is 502 g/mol. The monoisotopic (exact) mass is 501 g/mol. The highest BCUT2D eigenvalue weighted by Crippen LogP contribution is 2.30. The van der Waals surface area contributed by atoms with Gasteiger partial charge >= 0.3 is 6.03 Å². The minimum atomic E-state index is -1.95. The van der Waals surface area contributed by atoms with Gasteiger partial charge in [-0.3, -0.25) is 4.79 Å². The second-order valence-electron chi connectivity index (χ2n) is 8.50. The van der Waals surface area contributed by atoms with E-state index in [-0.39, 0.29) is 10.6 Å². The lowest BCUT2D eigenvalue weighted by Crippen LogP contribution is -2.51. The van der Waals surface area contributed by atoms with Crippen LogP contribution < -0.4 is 21.1 Å². The minimum Gasteiger partial charge on any atom is -0.366 e. The molecular formula is C22H30F3N5O3S. The van der Waals surface area contributed by atoms with Crippen LogP contribution in [0.2, 0.25) is 0 Å². The molecule has 2 aliphatic heterocycles. The molecule has 0 saturated carbocycles. The van der Waals surface area contributed by atoms with Crippen LogP contribution in [0.4, 0.5) is 18.0 Å². The number of piperidine rings is 1. The van der Waals surface area contributed by atoms with Crippen LogP contribution in [0.15, 0.2) is 17.2 Å². The number of nitrogens with two attached hydrogens (primary N) is 1. The van der Waals surface area contributed by atoms with Gasteiger partial charge in [0.25, 0.3) is 5.91 Å². The number of benzene rings is 1. The molecule has 34 heavy (non-hydrogen) atoms. The molecular weight excluding hydrogens is 471 g/mol. The highest BCUT2D eigenvalue weighted by atomic mass is 32.2. The molecule has 0 radical (unpaired) electrons. The molecule has 1 saturated heterocycles. The molecule has 0 aromatic heterocycles. The molecule has 188 valence electrons. The maximum atomic E-state index is 14.1. The summed E-state index contributed by atoms with van der Waals surface area (Å²) in [5.41, 5.74) is 2.61. The number of rotatable bonds is 9. The molecule has 0 bridgehead atoms. The van der Waals surface area contributed by atoms with Gasteiger partial charge in [0.15, 0.2) is 11.6 Å². The third kappa shape index (κ3) is 6.23. The lowest BCUT2D eigenvalue weighted by molar-refractivity contribution is -0.140. The summed E-state index contributed by atoms with van der Waals surface area (Å²) < 4.78 is 50.1. The Hall–Kier alpha value is -2.28. The number of urea groups is 1. The van der Waals surface area contributed by atoms with E-state index >= 15 is 0 Å². The Morgan fingerprint density at radius 3 is 2.79 bits per heavy atom. The Bertz CT molecular complexity index is 964. The zero-order chi connectivity index (χ0) is 24.9. The number of amides is 3. The zero-order valence-corrected chi connectivity index (χ0v) is 20.0. The second kappa shape index (κ2) is 11.4. The maximum Gasteiger partial charge on any atom is 0.319 e. The van der Waals surface area contributed by atoms with E-state index in [4.69, 9.17) is 10.5 Å². The molecule has 0 aliphatic carbocycles. The first kappa shape index (κ1) is 26.3. The number of nitrogens with one attached hydrogen (secondary N) is 3. The third-order valence-corrected chi connectivity index (χ3v) is 6.82. The lowest BCUT2D eigenvalue weighted by atomic mass is 10.0. The lowest BCUT2D eigenvalue weighted by Gasteiger charge is -2.33. The number of nitrogens with zero attached hydrogens (tertiary/aromatic N) is 1. The SMILES string of the molecule is Cc1cc(F)c(COC2(C(N)=O)C=C(NC(=O)NCCCN3CCCCC3C)SN2)c(F)c1F. The Kier molecular flexibility index (Phi) is 8.85. The molecule has 5 N–H and O–H groups in total. The first-order valence-electron chi connectivity index (χ1n) is 11.2. The van der Waals surface area contributed by atoms with Crippen molar-refractivity contribution in [2.75, 3.05) is 19.6 Å². The molecule has 8 nitrogen and oxygen atoms in total. The van der Waals surface area contributed by atoms with Crippen molar-refractivity contribution < 1.29 is 27.5 Å². The highest BCUT2D eigenvalue weighted by Gasteiger charge is 2.42. The molecule has 3 amide bonds. The van der Waals surface area contributed by atoms with Gasteiger partial charge in [-0.05, 0) is 63.2 Å². The molecule has 2 heterocycles. The van der Waals surface area contributed by atoms with E-state index in [9.17, 15) is 22.8 Å². The van der Waals surface area contributed by atoms with E-state index in [0.29, 0.717) is 12.6 Å². The van der Waals surface area contributed by atoms with Gasteiger partial charge in [0, 0.05) is 25.2 Å². The summed E-state index contributed by atoms with van der Waals surface area (Å²) in [5.74, 6) is -4.61. The molecule has 1 aromatic rings. The van der Waals surface area contributed by atoms with E-state index in [2.05, 4.69) is 27.2 Å². The summed E-state index contributed by atoms with van der Waals surface area (Å²) in [7, 11) is 0. The second-order valence-corrected chi connectivity index (χ2v) is 9.35. The number of likely N-dealkylation sites (tertiary alicyclic amines) is 1. The first-order chi connectivity index (χ1) is 16.1. The fourth-order valence-corrected chi connectivity index (χ4v) is 4.75. The van der Waals surface area contributed by atoms with Crippen molar-refractivity contribution in [1.82, 2.24) is 20.3 Å². The molecule has 2 atom stereocenters. The van der Waals surface area contributed by atoms with Crippen LogP contribution in [-0.4, -0.2) is 48.2 Å². The molecule has 1 aromatic carbocycles. The topological polar surface area (TPSA) is 109 Å². The van der Waals surface area contributed by atoms with Crippen molar-refractivity contribution in [2.24, 2.45) is 5.73 Å². The number of hydrogen-bond donors (Lipinski definition) is 4. The number of carbonyl (C=O) groups excluding carboxylic acids is 2. The fourth-order valence-electron chi connectivity index (χ4n) is 3.90. The zero-order valence-electron chi connectivity index (χ0n) is 19.2. The summed E-state index contributed by atoms with van der Waals surface area (Å²) >= 11 is 0.861. The summed E-state index contributed by atoms with van der Waals surface area (Å²) in [6.45, 7) is 5.10. The normalized spacial score (nSPS) is 23.0. The van der Waals surface area contributed by atoms with Crippen molar-refractivity contribution >= 4 is 23.9 Å². The summed E-state index contributed by atoms with van der Waals surface area (Å²) in [6, 6.07) is 0.906. The average Bonchev–Trinajstić information content (AvgIpc) is 3.20. The van der Waals surface area contributed by atoms with Gasteiger partial charge in [0.2, 0.25) is 5.72 Å². The summed E-state index contributed by atoms with van der Waals surface area (Å²) in [6.07, 6.45) is 5.63. The van der Waals surface area contributed by atoms with Gasteiger partial charge in [-0.25, -0.2) is 22.7 Å². The molecule has 2 aliphatic rings. The fraction of sp³-hybridized carbons (Fsp3) is 0.545. The Labute approximate surface area is 201 Å². The van der Waals surface area contributed by atoms with Crippen LogP contribution in [0.1, 0.15) is 43.7 Å². The van der Waals surface area contributed by atoms with E-state index < -0.39 is 47.3 Å². The Balaban J connectivity index is 1.53. The molecule has 12 heteroatoms. The van der Waals surface area contributed by atoms with Crippen LogP contribution in [-0.2, 0) is 16.1 Å². The van der Waals surface area contributed by atoms with Gasteiger partial charge in [-0.2, -0.15) is 0 Å². The quantitative estimate of drug-likeness (QED) is 0.235. The van der Waals surface area contributed by atoms with Crippen molar-refractivity contribution in [3.05, 3.63) is 45.8 Å². The number of carbonyl (C=O) groups is 2. The standard InChI is InChI=1S/C22H30F3N5O3S/c1-13-10-16(23)15(19(25)18(13)24)12-33-22(20(26)31)11-17(34-29-22)28-21(32)27-7-5-9-30-8-4-3-6-14(30)2/h10-11,14,29H,3-9,12H2,1-2H3,(H2,26,31)(H2,27,28,32). The summed E-state index contributed by atoms with van der Waals surface area (Å²) in [4.78, 5) is 26.7. The third-order valence-electron chi connectivity index (χ3n) is 5.98. The Morgan fingerprint density at radius 2 is 2.09 bits per heavy atom. The molecule has 1 fully saturated rings. The van der Waals surface area contributed by atoms with Crippen molar-refractivity contribution in [3.8, 4) is 0 Å². The van der Waals surface area contributed by atoms with Crippen LogP contribution in [0, 0.1) is 24.4 Å². The molecule has 3 rings (SSSR count). The highest BCUT2D eigenvalue weighted by molar-refractivity contribution is 8.01. The number of primary amides is 1. The van der Waals surface area contributed by atoms with Gasteiger partial charge in [-0.1, -0.05) is 6.42 Å². The van der Waals surface area contributed by atoms with Crippen LogP contribution >= 0.6 is 11.9 Å². The van der Waals surface area contributed by atoms with Gasteiger partial charge in [0.05, 0.1) is 17.2 Å². The van der Waals surface area contributed by atoms with Crippen molar-refractivity contribution in [2.45, 2.75) is 57.9 Å². The van der Waals surface area contributed by atoms with E-state index in [1.165, 1.54) is 32.3 Å². The first-order valence-corrected chi connectivity index (χ1v) is 12.0. The number of ether oxygens (including phenoxy) is 1. The van der Waals surface area contributed by atoms with Crippen LogP contribution in [0.3, 0.4) is 0 Å². The predicted octanol–water partition coefficient (Wildman–Crippen LogP) is 2.77. The van der Waals surface area contributed by atoms with Crippen LogP contribution in [0.5, 0.6) is 0 Å². The van der Waals surface area contributed by atoms with Crippen LogP contribution in [0.25, 0.3) is 0 Å². The maximum absolute atomic E-state index is 14.1. The van der Waals surface area contributed by atoms with E-state index in [1.54, 1.807) is 0 Å². The van der Waals surface area contributed by atoms with Crippen molar-refractivity contribution in [1.29, 1.82) is 0 Å². The molecule has 0 spiro atoms. The number of aryl methyl sites for hydroxylation is 1.